The van der Waals surface area contributed by atoms with Crippen molar-refractivity contribution in [1.82, 2.24) is 24.1 Å². The Labute approximate surface area is 396 Å². The van der Waals surface area contributed by atoms with Crippen LogP contribution in [0.2, 0.25) is 0 Å². The van der Waals surface area contributed by atoms with E-state index in [0.29, 0.717) is 40.3 Å². The molecule has 0 fully saturated rings. The van der Waals surface area contributed by atoms with Crippen molar-refractivity contribution in [2.75, 3.05) is 0 Å². The fourth-order valence-electron chi connectivity index (χ4n) is 9.73. The number of benzene rings is 9. The second-order valence-electron chi connectivity index (χ2n) is 17.0. The number of rotatable bonds is 7. The third kappa shape index (κ3) is 7.25. The van der Waals surface area contributed by atoms with Gasteiger partial charge in [0.15, 0.2) is 17.5 Å². The number of halogens is 6. The van der Waals surface area contributed by atoms with Crippen molar-refractivity contribution in [2.45, 2.75) is 12.4 Å². The standard InChI is InChI=1S/C59H35F6N5/c60-58(61,62)40-29-31-42(48(35-40)59(63,64)65)39-27-30-45-44-21-10-12-24-49(44)70(53(45)34-39)51-32-28-38(43-23-14-26-52-54(43)46-22-11-13-25-50(46)69(52)41-19-8-3-9-20-41)33-47(51)57-67-55(36-15-4-1-5-16-36)66-56(68-57)37-17-6-2-7-18-37/h1-35H. The Kier molecular flexibility index (Phi) is 9.99. The van der Waals surface area contributed by atoms with Crippen LogP contribution in [0.5, 0.6) is 0 Å². The molecule has 0 aliphatic rings. The molecule has 0 unspecified atom stereocenters. The molecule has 12 rings (SSSR count). The number of nitrogens with zero attached hydrogens (tertiary/aromatic N) is 5. The molecule has 3 aromatic heterocycles. The van der Waals surface area contributed by atoms with Gasteiger partial charge in [0.2, 0.25) is 0 Å². The molecule has 338 valence electrons. The van der Waals surface area contributed by atoms with Crippen LogP contribution in [0.25, 0.3) is 111 Å². The Balaban J connectivity index is 1.16. The average molecular weight is 928 g/mol. The fourth-order valence-corrected chi connectivity index (χ4v) is 9.73. The van der Waals surface area contributed by atoms with Gasteiger partial charge in [-0.3, -0.25) is 0 Å². The van der Waals surface area contributed by atoms with Crippen LogP contribution in [0.4, 0.5) is 26.3 Å². The third-order valence-electron chi connectivity index (χ3n) is 12.8. The lowest BCUT2D eigenvalue weighted by molar-refractivity contribution is -0.142. The highest BCUT2D eigenvalue weighted by molar-refractivity contribution is 6.16. The largest absolute Gasteiger partial charge is 0.417 e. The Morgan fingerprint density at radius 2 is 0.871 bits per heavy atom. The normalized spacial score (nSPS) is 12.1. The molecule has 0 saturated carbocycles. The number of hydrogen-bond acceptors (Lipinski definition) is 3. The maximum absolute atomic E-state index is 14.7. The summed E-state index contributed by atoms with van der Waals surface area (Å²) in [6.45, 7) is 0. The van der Waals surface area contributed by atoms with Crippen LogP contribution >= 0.6 is 0 Å². The van der Waals surface area contributed by atoms with Gasteiger partial charge in [-0.15, -0.1) is 0 Å². The second-order valence-corrected chi connectivity index (χ2v) is 17.0. The van der Waals surface area contributed by atoms with Gasteiger partial charge in [-0.05, 0) is 82.9 Å². The maximum Gasteiger partial charge on any atom is 0.417 e. The molecule has 5 nitrogen and oxygen atoms in total. The predicted octanol–water partition coefficient (Wildman–Crippen LogP) is 16.4. The van der Waals surface area contributed by atoms with Crippen molar-refractivity contribution >= 4 is 43.6 Å². The van der Waals surface area contributed by atoms with E-state index in [9.17, 15) is 26.3 Å². The van der Waals surface area contributed by atoms with Gasteiger partial charge in [-0.2, -0.15) is 26.3 Å². The number of para-hydroxylation sites is 3. The molecule has 3 heterocycles. The summed E-state index contributed by atoms with van der Waals surface area (Å²) < 4.78 is 90.0. The zero-order chi connectivity index (χ0) is 47.7. The molecule has 0 atom stereocenters. The maximum atomic E-state index is 14.7. The highest BCUT2D eigenvalue weighted by Gasteiger charge is 2.38. The first-order chi connectivity index (χ1) is 34.0. The summed E-state index contributed by atoms with van der Waals surface area (Å²) in [6.07, 6.45) is -10.1. The van der Waals surface area contributed by atoms with Crippen LogP contribution in [0.3, 0.4) is 0 Å². The van der Waals surface area contributed by atoms with Gasteiger partial charge >= 0.3 is 12.4 Å². The van der Waals surface area contributed by atoms with Crippen LogP contribution in [0.1, 0.15) is 11.1 Å². The van der Waals surface area contributed by atoms with Gasteiger partial charge in [0.05, 0.1) is 38.9 Å². The summed E-state index contributed by atoms with van der Waals surface area (Å²) in [5, 5.41) is 3.62. The van der Waals surface area contributed by atoms with Gasteiger partial charge in [0.25, 0.3) is 0 Å². The van der Waals surface area contributed by atoms with Crippen molar-refractivity contribution < 1.29 is 26.3 Å². The Hall–Kier alpha value is -8.83. The van der Waals surface area contributed by atoms with Gasteiger partial charge in [-0.1, -0.05) is 152 Å². The third-order valence-corrected chi connectivity index (χ3v) is 12.8. The predicted molar refractivity (Wildman–Crippen MR) is 266 cm³/mol. The van der Waals surface area contributed by atoms with Crippen molar-refractivity contribution in [3.05, 3.63) is 223 Å². The van der Waals surface area contributed by atoms with E-state index < -0.39 is 23.5 Å². The second kappa shape index (κ2) is 16.4. The summed E-state index contributed by atoms with van der Waals surface area (Å²) >= 11 is 0. The van der Waals surface area contributed by atoms with E-state index in [2.05, 4.69) is 47.0 Å². The average Bonchev–Trinajstić information content (AvgIpc) is 3.91. The minimum Gasteiger partial charge on any atom is -0.309 e. The van der Waals surface area contributed by atoms with E-state index in [1.807, 2.05) is 138 Å². The zero-order valence-corrected chi connectivity index (χ0v) is 36.7. The van der Waals surface area contributed by atoms with Crippen molar-refractivity contribution in [3.63, 3.8) is 0 Å². The van der Waals surface area contributed by atoms with Crippen LogP contribution in [0.15, 0.2) is 212 Å². The van der Waals surface area contributed by atoms with Crippen LogP contribution in [-0.4, -0.2) is 24.1 Å². The number of hydrogen-bond donors (Lipinski definition) is 0. The Bertz CT molecular complexity index is 3910. The van der Waals surface area contributed by atoms with Gasteiger partial charge in [0, 0.05) is 43.9 Å². The smallest absolute Gasteiger partial charge is 0.309 e. The quantitative estimate of drug-likeness (QED) is 0.150. The highest BCUT2D eigenvalue weighted by atomic mass is 19.4. The molecular weight excluding hydrogens is 893 g/mol. The molecule has 12 aromatic rings. The van der Waals surface area contributed by atoms with Gasteiger partial charge < -0.3 is 9.13 Å². The molecule has 0 radical (unpaired) electrons. The van der Waals surface area contributed by atoms with Crippen molar-refractivity contribution in [1.29, 1.82) is 0 Å². The molecule has 0 aliphatic carbocycles. The number of aromatic nitrogens is 5. The van der Waals surface area contributed by atoms with Crippen molar-refractivity contribution in [3.8, 4) is 67.8 Å². The van der Waals surface area contributed by atoms with E-state index in [-0.39, 0.29) is 17.2 Å². The first kappa shape index (κ1) is 42.5. The molecule has 11 heteroatoms. The first-order valence-electron chi connectivity index (χ1n) is 22.4. The molecule has 0 spiro atoms. The van der Waals surface area contributed by atoms with E-state index in [0.717, 1.165) is 72.1 Å². The Morgan fingerprint density at radius 3 is 1.53 bits per heavy atom. The molecule has 0 saturated heterocycles. The van der Waals surface area contributed by atoms with E-state index in [4.69, 9.17) is 15.0 Å². The number of alkyl halides is 6. The molecular formula is C59H35F6N5. The topological polar surface area (TPSA) is 48.5 Å². The van der Waals surface area contributed by atoms with E-state index >= 15 is 0 Å². The lowest BCUT2D eigenvalue weighted by Gasteiger charge is -2.18. The minimum absolute atomic E-state index is 0.0927. The van der Waals surface area contributed by atoms with Crippen molar-refractivity contribution in [2.24, 2.45) is 0 Å². The van der Waals surface area contributed by atoms with Crippen LogP contribution in [-0.2, 0) is 12.4 Å². The molecule has 0 N–H and O–H groups in total. The van der Waals surface area contributed by atoms with E-state index in [1.54, 1.807) is 12.1 Å². The lowest BCUT2D eigenvalue weighted by atomic mass is 9.95. The summed E-state index contributed by atoms with van der Waals surface area (Å²) in [5.41, 5.74) is 5.78. The zero-order valence-electron chi connectivity index (χ0n) is 36.7. The Morgan fingerprint density at radius 1 is 0.329 bits per heavy atom. The summed E-state index contributed by atoms with van der Waals surface area (Å²) in [4.78, 5) is 15.4. The number of fused-ring (bicyclic) bond motifs is 6. The highest BCUT2D eigenvalue weighted by Crippen LogP contribution is 2.45. The summed E-state index contributed by atoms with van der Waals surface area (Å²) in [7, 11) is 0. The summed E-state index contributed by atoms with van der Waals surface area (Å²) in [6, 6.07) is 64.3. The molecule has 0 bridgehead atoms. The van der Waals surface area contributed by atoms with Crippen LogP contribution < -0.4 is 0 Å². The first-order valence-corrected chi connectivity index (χ1v) is 22.4. The fraction of sp³-hybridized carbons (Fsp3) is 0.0339. The minimum atomic E-state index is -5.08. The summed E-state index contributed by atoms with van der Waals surface area (Å²) in [5.74, 6) is 1.20. The SMILES string of the molecule is FC(F)(F)c1ccc(-c2ccc3c4ccccc4n(-c4ccc(-c5cccc6c5c5ccccc5n6-c5ccccc5)cc4-c4nc(-c5ccccc5)nc(-c5ccccc5)n4)c3c2)c(C(F)(F)F)c1. The van der Waals surface area contributed by atoms with Gasteiger partial charge in [-0.25, -0.2) is 15.0 Å². The monoisotopic (exact) mass is 927 g/mol. The lowest BCUT2D eigenvalue weighted by Crippen LogP contribution is -2.12. The van der Waals surface area contributed by atoms with Crippen LogP contribution in [0, 0.1) is 0 Å². The molecule has 0 aliphatic heterocycles. The molecule has 9 aromatic carbocycles. The van der Waals surface area contributed by atoms with Gasteiger partial charge in [0.1, 0.15) is 0 Å². The van der Waals surface area contributed by atoms with E-state index in [1.165, 1.54) is 6.07 Å². The molecule has 0 amide bonds. The molecule has 70 heavy (non-hydrogen) atoms.